The quantitative estimate of drug-likeness (QED) is 0.795. The zero-order valence-corrected chi connectivity index (χ0v) is 16.0. The first-order valence-corrected chi connectivity index (χ1v) is 10.1. The summed E-state index contributed by atoms with van der Waals surface area (Å²) in [6.07, 6.45) is 5.44. The van der Waals surface area contributed by atoms with Gasteiger partial charge in [0.15, 0.2) is 0 Å². The first kappa shape index (κ1) is 19.8. The van der Waals surface area contributed by atoms with E-state index in [0.29, 0.717) is 38.9 Å². The Morgan fingerprint density at radius 3 is 2.78 bits per heavy atom. The Labute approximate surface area is 160 Å². The highest BCUT2D eigenvalue weighted by Gasteiger charge is 2.29. The fourth-order valence-corrected chi connectivity index (χ4v) is 3.97. The third-order valence-corrected chi connectivity index (χ3v) is 5.61. The van der Waals surface area contributed by atoms with Gasteiger partial charge in [-0.25, -0.2) is 4.39 Å². The molecule has 0 aliphatic carbocycles. The van der Waals surface area contributed by atoms with Gasteiger partial charge in [-0.2, -0.15) is 0 Å². The molecule has 2 aliphatic rings. The minimum atomic E-state index is -0.261. The van der Waals surface area contributed by atoms with Crippen LogP contribution >= 0.6 is 0 Å². The van der Waals surface area contributed by atoms with E-state index in [1.807, 2.05) is 6.07 Å². The number of rotatable bonds is 7. The lowest BCUT2D eigenvalue weighted by Crippen LogP contribution is -2.47. The SMILES string of the molecule is O=C(NCCN1CCCCC1)C1CCC(=O)N(CCc2cccc(F)c2)C1. The summed E-state index contributed by atoms with van der Waals surface area (Å²) in [6, 6.07) is 6.46. The molecule has 6 heteroatoms. The Balaban J connectivity index is 1.42. The molecular formula is C21H30FN3O2. The summed E-state index contributed by atoms with van der Waals surface area (Å²) < 4.78 is 13.3. The zero-order chi connectivity index (χ0) is 19.1. The average molecular weight is 375 g/mol. The number of likely N-dealkylation sites (tertiary alicyclic amines) is 2. The van der Waals surface area contributed by atoms with Crippen molar-refractivity contribution in [2.75, 3.05) is 39.3 Å². The van der Waals surface area contributed by atoms with E-state index >= 15 is 0 Å². The smallest absolute Gasteiger partial charge is 0.224 e. The molecule has 0 radical (unpaired) electrons. The first-order valence-electron chi connectivity index (χ1n) is 10.1. The maximum absolute atomic E-state index is 13.3. The average Bonchev–Trinajstić information content (AvgIpc) is 2.68. The van der Waals surface area contributed by atoms with Crippen LogP contribution in [0.25, 0.3) is 0 Å². The predicted molar refractivity (Wildman–Crippen MR) is 103 cm³/mol. The van der Waals surface area contributed by atoms with Crippen molar-refractivity contribution < 1.29 is 14.0 Å². The molecule has 2 aliphatic heterocycles. The number of hydrogen-bond donors (Lipinski definition) is 1. The van der Waals surface area contributed by atoms with Gasteiger partial charge in [-0.15, -0.1) is 0 Å². The predicted octanol–water partition coefficient (Wildman–Crippen LogP) is 2.21. The topological polar surface area (TPSA) is 52.7 Å². The molecule has 2 heterocycles. The Bertz CT molecular complexity index is 646. The maximum atomic E-state index is 13.3. The molecule has 27 heavy (non-hydrogen) atoms. The van der Waals surface area contributed by atoms with Crippen LogP contribution in [0.15, 0.2) is 24.3 Å². The van der Waals surface area contributed by atoms with Crippen molar-refractivity contribution in [3.63, 3.8) is 0 Å². The highest BCUT2D eigenvalue weighted by Crippen LogP contribution is 2.18. The number of nitrogens with one attached hydrogen (secondary N) is 1. The molecule has 2 saturated heterocycles. The minimum Gasteiger partial charge on any atom is -0.355 e. The van der Waals surface area contributed by atoms with Crippen molar-refractivity contribution in [2.24, 2.45) is 5.92 Å². The van der Waals surface area contributed by atoms with E-state index in [0.717, 1.165) is 25.2 Å². The van der Waals surface area contributed by atoms with Crippen LogP contribution in [0.1, 0.15) is 37.7 Å². The van der Waals surface area contributed by atoms with Crippen LogP contribution in [0.2, 0.25) is 0 Å². The van der Waals surface area contributed by atoms with Crippen molar-refractivity contribution >= 4 is 11.8 Å². The molecule has 3 rings (SSSR count). The molecule has 0 spiro atoms. The number of halogens is 1. The second kappa shape index (κ2) is 9.83. The molecule has 0 saturated carbocycles. The summed E-state index contributed by atoms with van der Waals surface area (Å²) in [4.78, 5) is 28.8. The molecule has 1 aromatic carbocycles. The largest absolute Gasteiger partial charge is 0.355 e. The number of nitrogens with zero attached hydrogens (tertiary/aromatic N) is 2. The van der Waals surface area contributed by atoms with Crippen LogP contribution in [0.5, 0.6) is 0 Å². The van der Waals surface area contributed by atoms with Crippen LogP contribution < -0.4 is 5.32 Å². The van der Waals surface area contributed by atoms with Crippen molar-refractivity contribution in [2.45, 2.75) is 38.5 Å². The number of benzene rings is 1. The van der Waals surface area contributed by atoms with Crippen molar-refractivity contribution in [3.8, 4) is 0 Å². The van der Waals surface area contributed by atoms with E-state index in [1.54, 1.807) is 11.0 Å². The number of amides is 2. The number of piperidine rings is 2. The van der Waals surface area contributed by atoms with Crippen molar-refractivity contribution in [1.29, 1.82) is 0 Å². The summed E-state index contributed by atoms with van der Waals surface area (Å²) in [5.74, 6) is -0.265. The van der Waals surface area contributed by atoms with Gasteiger partial charge in [-0.1, -0.05) is 18.6 Å². The maximum Gasteiger partial charge on any atom is 0.224 e. The van der Waals surface area contributed by atoms with Crippen LogP contribution in [-0.4, -0.2) is 60.9 Å². The van der Waals surface area contributed by atoms with E-state index in [9.17, 15) is 14.0 Å². The molecule has 1 N–H and O–H groups in total. The van der Waals surface area contributed by atoms with E-state index in [-0.39, 0.29) is 23.5 Å². The molecule has 2 amide bonds. The second-order valence-electron chi connectivity index (χ2n) is 7.65. The highest BCUT2D eigenvalue weighted by molar-refractivity contribution is 5.83. The summed E-state index contributed by atoms with van der Waals surface area (Å²) in [7, 11) is 0. The Morgan fingerprint density at radius 2 is 2.00 bits per heavy atom. The minimum absolute atomic E-state index is 0.0512. The normalized spacial score (nSPS) is 21.3. The molecule has 1 unspecified atom stereocenters. The zero-order valence-electron chi connectivity index (χ0n) is 16.0. The number of carbonyl (C=O) groups is 2. The van der Waals surface area contributed by atoms with Gasteiger partial charge >= 0.3 is 0 Å². The lowest BCUT2D eigenvalue weighted by molar-refractivity contribution is -0.138. The Kier molecular flexibility index (Phi) is 7.21. The number of carbonyl (C=O) groups excluding carboxylic acids is 2. The van der Waals surface area contributed by atoms with Gasteiger partial charge in [0.25, 0.3) is 0 Å². The van der Waals surface area contributed by atoms with Crippen LogP contribution in [-0.2, 0) is 16.0 Å². The van der Waals surface area contributed by atoms with Crippen molar-refractivity contribution in [3.05, 3.63) is 35.6 Å². The van der Waals surface area contributed by atoms with Gasteiger partial charge in [-0.05, 0) is 56.5 Å². The van der Waals surface area contributed by atoms with Gasteiger partial charge < -0.3 is 15.1 Å². The molecule has 0 bridgehead atoms. The van der Waals surface area contributed by atoms with Crippen LogP contribution in [0.3, 0.4) is 0 Å². The van der Waals surface area contributed by atoms with Gasteiger partial charge in [0.2, 0.25) is 11.8 Å². The number of hydrogen-bond acceptors (Lipinski definition) is 3. The summed E-state index contributed by atoms with van der Waals surface area (Å²) in [5, 5.41) is 3.05. The molecule has 0 aromatic heterocycles. The van der Waals surface area contributed by atoms with Gasteiger partial charge in [0, 0.05) is 32.6 Å². The van der Waals surface area contributed by atoms with E-state index in [2.05, 4.69) is 10.2 Å². The second-order valence-corrected chi connectivity index (χ2v) is 7.65. The van der Waals surface area contributed by atoms with Crippen molar-refractivity contribution in [1.82, 2.24) is 15.1 Å². The molecule has 1 aromatic rings. The molecule has 2 fully saturated rings. The third-order valence-electron chi connectivity index (χ3n) is 5.61. The first-order chi connectivity index (χ1) is 13.1. The van der Waals surface area contributed by atoms with E-state index < -0.39 is 0 Å². The summed E-state index contributed by atoms with van der Waals surface area (Å²) in [5.41, 5.74) is 0.871. The summed E-state index contributed by atoms with van der Waals surface area (Å²) >= 11 is 0. The molecule has 1 atom stereocenters. The lowest BCUT2D eigenvalue weighted by atomic mass is 9.96. The van der Waals surface area contributed by atoms with E-state index in [1.165, 1.54) is 31.4 Å². The fourth-order valence-electron chi connectivity index (χ4n) is 3.97. The molecule has 148 valence electrons. The molecular weight excluding hydrogens is 345 g/mol. The Hall–Kier alpha value is -1.95. The van der Waals surface area contributed by atoms with Crippen LogP contribution in [0.4, 0.5) is 4.39 Å². The summed E-state index contributed by atoms with van der Waals surface area (Å²) in [6.45, 7) is 4.82. The fraction of sp³-hybridized carbons (Fsp3) is 0.619. The van der Waals surface area contributed by atoms with Gasteiger partial charge in [-0.3, -0.25) is 9.59 Å². The van der Waals surface area contributed by atoms with Gasteiger partial charge in [0.1, 0.15) is 5.82 Å². The Morgan fingerprint density at radius 1 is 1.19 bits per heavy atom. The third kappa shape index (κ3) is 6.03. The van der Waals surface area contributed by atoms with Gasteiger partial charge in [0.05, 0.1) is 5.92 Å². The van der Waals surface area contributed by atoms with E-state index in [4.69, 9.17) is 0 Å². The molecule has 5 nitrogen and oxygen atoms in total. The standard InChI is InChI=1S/C21H30FN3O2/c22-19-6-4-5-17(15-19)9-13-25-16-18(7-8-20(25)26)21(27)23-10-14-24-11-2-1-3-12-24/h4-6,15,18H,1-3,7-14,16H2,(H,23,27). The monoisotopic (exact) mass is 375 g/mol. The van der Waals surface area contributed by atoms with Crippen LogP contribution in [0, 0.1) is 11.7 Å². The lowest BCUT2D eigenvalue weighted by Gasteiger charge is -2.32. The highest BCUT2D eigenvalue weighted by atomic mass is 19.1.